The SMILES string of the molecule is CC(C)(C)OC(=O)N1CCC(C)([N+](=O)[O-])C1. The second-order valence-corrected chi connectivity index (χ2v) is 5.41. The Bertz CT molecular complexity index is 310. The fraction of sp³-hybridized carbons (Fsp3) is 0.900. The van der Waals surface area contributed by atoms with Crippen molar-refractivity contribution in [1.29, 1.82) is 0 Å². The van der Waals surface area contributed by atoms with Crippen LogP contribution >= 0.6 is 0 Å². The van der Waals surface area contributed by atoms with Gasteiger partial charge in [0, 0.05) is 24.8 Å². The first-order valence-electron chi connectivity index (χ1n) is 5.26. The van der Waals surface area contributed by atoms with E-state index in [2.05, 4.69) is 0 Å². The van der Waals surface area contributed by atoms with E-state index >= 15 is 0 Å². The molecule has 16 heavy (non-hydrogen) atoms. The molecule has 0 bridgehead atoms. The molecule has 92 valence electrons. The Kier molecular flexibility index (Phi) is 3.12. The van der Waals surface area contributed by atoms with Gasteiger partial charge < -0.3 is 9.64 Å². The summed E-state index contributed by atoms with van der Waals surface area (Å²) in [7, 11) is 0. The van der Waals surface area contributed by atoms with Crippen LogP contribution in [0.1, 0.15) is 34.1 Å². The molecule has 6 nitrogen and oxygen atoms in total. The Morgan fingerprint density at radius 1 is 1.50 bits per heavy atom. The number of nitro groups is 1. The number of carbonyl (C=O) groups is 1. The average molecular weight is 230 g/mol. The summed E-state index contributed by atoms with van der Waals surface area (Å²) >= 11 is 0. The summed E-state index contributed by atoms with van der Waals surface area (Å²) in [4.78, 5) is 23.5. The zero-order valence-corrected chi connectivity index (χ0v) is 10.1. The molecule has 1 unspecified atom stereocenters. The van der Waals surface area contributed by atoms with Gasteiger partial charge in [0.15, 0.2) is 0 Å². The van der Waals surface area contributed by atoms with Gasteiger partial charge >= 0.3 is 6.09 Å². The number of ether oxygens (including phenoxy) is 1. The first-order valence-corrected chi connectivity index (χ1v) is 5.26. The van der Waals surface area contributed by atoms with Crippen LogP contribution in [0.4, 0.5) is 4.79 Å². The highest BCUT2D eigenvalue weighted by atomic mass is 16.6. The average Bonchev–Trinajstić information content (AvgIpc) is 2.46. The summed E-state index contributed by atoms with van der Waals surface area (Å²) in [6.45, 7) is 7.37. The van der Waals surface area contributed by atoms with Gasteiger partial charge in [-0.3, -0.25) is 10.1 Å². The van der Waals surface area contributed by atoms with Crippen molar-refractivity contribution in [2.75, 3.05) is 13.1 Å². The second kappa shape index (κ2) is 3.92. The van der Waals surface area contributed by atoms with E-state index in [-0.39, 0.29) is 11.5 Å². The minimum absolute atomic E-state index is 0.120. The summed E-state index contributed by atoms with van der Waals surface area (Å²) in [6, 6.07) is 0. The molecular formula is C10H18N2O4. The molecule has 1 saturated heterocycles. The zero-order chi connectivity index (χ0) is 12.6. The van der Waals surface area contributed by atoms with Crippen molar-refractivity contribution >= 4 is 6.09 Å². The molecule has 0 aromatic rings. The quantitative estimate of drug-likeness (QED) is 0.507. The number of rotatable bonds is 1. The fourth-order valence-electron chi connectivity index (χ4n) is 1.58. The Morgan fingerprint density at radius 2 is 2.06 bits per heavy atom. The van der Waals surface area contributed by atoms with Gasteiger partial charge in [-0.1, -0.05) is 0 Å². The highest BCUT2D eigenvalue weighted by Gasteiger charge is 2.46. The maximum atomic E-state index is 11.7. The molecule has 1 aliphatic rings. The van der Waals surface area contributed by atoms with E-state index in [1.165, 1.54) is 4.90 Å². The number of hydrogen-bond acceptors (Lipinski definition) is 4. The van der Waals surface area contributed by atoms with E-state index in [9.17, 15) is 14.9 Å². The number of amides is 1. The minimum Gasteiger partial charge on any atom is -0.444 e. The van der Waals surface area contributed by atoms with Gasteiger partial charge in [-0.25, -0.2) is 4.79 Å². The molecule has 0 aromatic heterocycles. The lowest BCUT2D eigenvalue weighted by Gasteiger charge is -2.24. The Morgan fingerprint density at radius 3 is 2.44 bits per heavy atom. The van der Waals surface area contributed by atoms with Crippen LogP contribution in [0, 0.1) is 10.1 Å². The highest BCUT2D eigenvalue weighted by Crippen LogP contribution is 2.25. The second-order valence-electron chi connectivity index (χ2n) is 5.41. The Hall–Kier alpha value is -1.33. The van der Waals surface area contributed by atoms with Crippen LogP contribution < -0.4 is 0 Å². The predicted molar refractivity (Wildman–Crippen MR) is 57.8 cm³/mol. The maximum absolute atomic E-state index is 11.7. The van der Waals surface area contributed by atoms with E-state index in [0.717, 1.165) is 0 Å². The van der Waals surface area contributed by atoms with Crippen molar-refractivity contribution in [3.63, 3.8) is 0 Å². The number of carbonyl (C=O) groups excluding carboxylic acids is 1. The summed E-state index contributed by atoms with van der Waals surface area (Å²) in [5.41, 5.74) is -1.60. The summed E-state index contributed by atoms with van der Waals surface area (Å²) in [5.74, 6) is 0. The Labute approximate surface area is 94.7 Å². The number of nitrogens with zero attached hydrogens (tertiary/aromatic N) is 2. The standard InChI is InChI=1S/C10H18N2O4/c1-9(2,3)16-8(13)11-6-5-10(4,7-11)12(14)15/h5-7H2,1-4H3. The van der Waals surface area contributed by atoms with E-state index in [1.54, 1.807) is 27.7 Å². The van der Waals surface area contributed by atoms with E-state index in [4.69, 9.17) is 4.74 Å². The molecule has 1 aliphatic heterocycles. The molecule has 0 N–H and O–H groups in total. The van der Waals surface area contributed by atoms with Crippen molar-refractivity contribution in [2.24, 2.45) is 0 Å². The third-order valence-corrected chi connectivity index (χ3v) is 2.54. The van der Waals surface area contributed by atoms with Crippen LogP contribution in [0.25, 0.3) is 0 Å². The molecule has 1 amide bonds. The lowest BCUT2D eigenvalue weighted by atomic mass is 10.0. The van der Waals surface area contributed by atoms with Crippen molar-refractivity contribution in [3.05, 3.63) is 10.1 Å². The predicted octanol–water partition coefficient (Wildman–Crippen LogP) is 1.66. The van der Waals surface area contributed by atoms with Gasteiger partial charge in [-0.15, -0.1) is 0 Å². The molecule has 0 aromatic carbocycles. The summed E-state index contributed by atoms with van der Waals surface area (Å²) in [6.07, 6.45) is -0.0998. The van der Waals surface area contributed by atoms with Gasteiger partial charge in [0.25, 0.3) is 0 Å². The van der Waals surface area contributed by atoms with Crippen LogP contribution in [0.5, 0.6) is 0 Å². The van der Waals surface area contributed by atoms with Crippen LogP contribution in [0.15, 0.2) is 0 Å². The van der Waals surface area contributed by atoms with Gasteiger partial charge in [0.2, 0.25) is 5.54 Å². The Balaban J connectivity index is 2.60. The number of likely N-dealkylation sites (tertiary alicyclic amines) is 1. The molecule has 0 spiro atoms. The highest BCUT2D eigenvalue weighted by molar-refractivity contribution is 5.68. The van der Waals surface area contributed by atoms with Crippen LogP contribution in [-0.4, -0.2) is 40.1 Å². The third kappa shape index (κ3) is 2.84. The monoisotopic (exact) mass is 230 g/mol. The molecule has 1 heterocycles. The molecule has 1 atom stereocenters. The van der Waals surface area contributed by atoms with Crippen molar-refractivity contribution in [3.8, 4) is 0 Å². The fourth-order valence-corrected chi connectivity index (χ4v) is 1.58. The lowest BCUT2D eigenvalue weighted by Crippen LogP contribution is -2.41. The van der Waals surface area contributed by atoms with Crippen LogP contribution in [0.2, 0.25) is 0 Å². The lowest BCUT2D eigenvalue weighted by molar-refractivity contribution is -0.560. The van der Waals surface area contributed by atoms with Gasteiger partial charge in [0.05, 0.1) is 6.54 Å². The summed E-state index contributed by atoms with van der Waals surface area (Å²) < 4.78 is 5.16. The molecule has 0 saturated carbocycles. The largest absolute Gasteiger partial charge is 0.444 e. The van der Waals surface area contributed by atoms with Gasteiger partial charge in [0.1, 0.15) is 5.60 Å². The van der Waals surface area contributed by atoms with Gasteiger partial charge in [-0.2, -0.15) is 0 Å². The van der Waals surface area contributed by atoms with Crippen molar-refractivity contribution in [1.82, 2.24) is 4.90 Å². The molecule has 0 aliphatic carbocycles. The maximum Gasteiger partial charge on any atom is 0.410 e. The number of hydrogen-bond donors (Lipinski definition) is 0. The van der Waals surface area contributed by atoms with Gasteiger partial charge in [-0.05, 0) is 20.8 Å². The molecule has 6 heteroatoms. The van der Waals surface area contributed by atoms with Crippen molar-refractivity contribution in [2.45, 2.75) is 45.3 Å². The van der Waals surface area contributed by atoms with E-state index in [0.29, 0.717) is 13.0 Å². The normalized spacial score (nSPS) is 25.6. The van der Waals surface area contributed by atoms with E-state index in [1.807, 2.05) is 0 Å². The molecule has 1 fully saturated rings. The van der Waals surface area contributed by atoms with Crippen LogP contribution in [0.3, 0.4) is 0 Å². The topological polar surface area (TPSA) is 72.7 Å². The molecular weight excluding hydrogens is 212 g/mol. The smallest absolute Gasteiger partial charge is 0.410 e. The summed E-state index contributed by atoms with van der Waals surface area (Å²) in [5, 5.41) is 10.8. The zero-order valence-electron chi connectivity index (χ0n) is 10.1. The van der Waals surface area contributed by atoms with Crippen molar-refractivity contribution < 1.29 is 14.5 Å². The van der Waals surface area contributed by atoms with E-state index < -0.39 is 17.2 Å². The third-order valence-electron chi connectivity index (χ3n) is 2.54. The molecule has 1 rings (SSSR count). The minimum atomic E-state index is -1.03. The van der Waals surface area contributed by atoms with Crippen LogP contribution in [-0.2, 0) is 4.74 Å². The first kappa shape index (κ1) is 12.7. The first-order chi connectivity index (χ1) is 7.14. The molecule has 0 radical (unpaired) electrons.